The second kappa shape index (κ2) is 3.11. The summed E-state index contributed by atoms with van der Waals surface area (Å²) >= 11 is 0. The van der Waals surface area contributed by atoms with Crippen LogP contribution in [0.2, 0.25) is 0 Å². The van der Waals surface area contributed by atoms with Crippen LogP contribution in [0.4, 0.5) is 0 Å². The molecule has 0 aromatic heterocycles. The number of carbonyl (C=O) groups excluding carboxylic acids is 1. The fraction of sp³-hybridized carbons (Fsp3) is 0.750. The fourth-order valence-electron chi connectivity index (χ4n) is 3.19. The maximum absolute atomic E-state index is 12.1. The molecule has 14 heavy (non-hydrogen) atoms. The highest BCUT2D eigenvalue weighted by Gasteiger charge is 2.37. The molecule has 1 heterocycles. The molecule has 2 atom stereocenters. The van der Waals surface area contributed by atoms with Crippen molar-refractivity contribution in [2.75, 3.05) is 13.1 Å². The topological polar surface area (TPSA) is 20.3 Å². The van der Waals surface area contributed by atoms with E-state index in [9.17, 15) is 4.79 Å². The first-order valence-electron chi connectivity index (χ1n) is 5.85. The highest BCUT2D eigenvalue weighted by molar-refractivity contribution is 5.94. The largest absolute Gasteiger partial charge is 0.339 e. The number of fused-ring (bicyclic) bond motifs is 2. The molecule has 1 saturated carbocycles. The van der Waals surface area contributed by atoms with Gasteiger partial charge in [-0.1, -0.05) is 6.08 Å². The van der Waals surface area contributed by atoms with Crippen molar-refractivity contribution in [1.29, 1.82) is 0 Å². The second-order valence-electron chi connectivity index (χ2n) is 4.89. The summed E-state index contributed by atoms with van der Waals surface area (Å²) in [7, 11) is 0. The van der Waals surface area contributed by atoms with E-state index >= 15 is 0 Å². The van der Waals surface area contributed by atoms with Gasteiger partial charge in [0.1, 0.15) is 0 Å². The third-order valence-electron chi connectivity index (χ3n) is 3.97. The van der Waals surface area contributed by atoms with Crippen LogP contribution in [-0.4, -0.2) is 23.9 Å². The van der Waals surface area contributed by atoms with Crippen LogP contribution in [0.25, 0.3) is 0 Å². The number of hydrogen-bond donors (Lipinski definition) is 0. The number of nitrogens with zero attached hydrogens (tertiary/aromatic N) is 1. The van der Waals surface area contributed by atoms with Gasteiger partial charge < -0.3 is 4.90 Å². The van der Waals surface area contributed by atoms with Crippen molar-refractivity contribution >= 4 is 5.91 Å². The molecule has 2 nitrogen and oxygen atoms in total. The van der Waals surface area contributed by atoms with Crippen LogP contribution >= 0.6 is 0 Å². The predicted molar refractivity (Wildman–Crippen MR) is 54.7 cm³/mol. The molecule has 3 rings (SSSR count). The van der Waals surface area contributed by atoms with E-state index in [0.29, 0.717) is 11.8 Å². The van der Waals surface area contributed by atoms with E-state index in [2.05, 4.69) is 6.08 Å². The minimum absolute atomic E-state index is 0.356. The van der Waals surface area contributed by atoms with Crippen molar-refractivity contribution < 1.29 is 4.79 Å². The second-order valence-corrected chi connectivity index (χ2v) is 4.89. The average Bonchev–Trinajstić information content (AvgIpc) is 2.93. The predicted octanol–water partition coefficient (Wildman–Crippen LogP) is 1.97. The summed E-state index contributed by atoms with van der Waals surface area (Å²) in [6.07, 6.45) is 8.50. The molecule has 2 aliphatic carbocycles. The number of carbonyl (C=O) groups is 1. The minimum Gasteiger partial charge on any atom is -0.339 e. The van der Waals surface area contributed by atoms with Gasteiger partial charge in [0.05, 0.1) is 0 Å². The highest BCUT2D eigenvalue weighted by Crippen LogP contribution is 2.44. The smallest absolute Gasteiger partial charge is 0.249 e. The standard InChI is InChI=1S/C12H17NO/c14-12(13-5-1-2-6-13)11-8-9-3-4-10(11)7-9/h8-10H,1-7H2. The van der Waals surface area contributed by atoms with Crippen LogP contribution < -0.4 is 0 Å². The molecule has 0 spiro atoms. The summed E-state index contributed by atoms with van der Waals surface area (Å²) in [5.41, 5.74) is 1.16. The average molecular weight is 191 g/mol. The first-order chi connectivity index (χ1) is 6.84. The molecule has 2 bridgehead atoms. The zero-order valence-corrected chi connectivity index (χ0v) is 8.54. The van der Waals surface area contributed by atoms with Crippen molar-refractivity contribution in [2.45, 2.75) is 32.1 Å². The van der Waals surface area contributed by atoms with Gasteiger partial charge in [0.15, 0.2) is 0 Å². The van der Waals surface area contributed by atoms with Gasteiger partial charge in [-0.15, -0.1) is 0 Å². The summed E-state index contributed by atoms with van der Waals surface area (Å²) in [6.45, 7) is 1.99. The molecule has 2 unspecified atom stereocenters. The van der Waals surface area contributed by atoms with Crippen molar-refractivity contribution in [1.82, 2.24) is 4.90 Å². The lowest BCUT2D eigenvalue weighted by Crippen LogP contribution is -2.30. The molecule has 0 aromatic rings. The third-order valence-corrected chi connectivity index (χ3v) is 3.97. The lowest BCUT2D eigenvalue weighted by molar-refractivity contribution is -0.126. The Hall–Kier alpha value is -0.790. The van der Waals surface area contributed by atoms with Crippen LogP contribution in [0.5, 0.6) is 0 Å². The molecule has 3 aliphatic rings. The number of rotatable bonds is 1. The maximum Gasteiger partial charge on any atom is 0.249 e. The van der Waals surface area contributed by atoms with Gasteiger partial charge >= 0.3 is 0 Å². The summed E-state index contributed by atoms with van der Waals surface area (Å²) in [4.78, 5) is 14.1. The third kappa shape index (κ3) is 1.20. The van der Waals surface area contributed by atoms with Gasteiger partial charge in [0.25, 0.3) is 0 Å². The highest BCUT2D eigenvalue weighted by atomic mass is 16.2. The molecule has 76 valence electrons. The normalized spacial score (nSPS) is 35.1. The molecule has 1 amide bonds. The molecule has 0 aromatic carbocycles. The van der Waals surface area contributed by atoms with Crippen LogP contribution in [0.1, 0.15) is 32.1 Å². The van der Waals surface area contributed by atoms with Gasteiger partial charge in [-0.05, 0) is 43.9 Å². The number of allylic oxidation sites excluding steroid dienone is 1. The minimum atomic E-state index is 0.356. The van der Waals surface area contributed by atoms with Crippen molar-refractivity contribution in [2.24, 2.45) is 11.8 Å². The fourth-order valence-corrected chi connectivity index (χ4v) is 3.19. The Balaban J connectivity index is 1.76. The van der Waals surface area contributed by atoms with Gasteiger partial charge in [-0.25, -0.2) is 0 Å². The lowest BCUT2D eigenvalue weighted by atomic mass is 9.97. The molecule has 0 radical (unpaired) electrons. The van der Waals surface area contributed by atoms with E-state index in [4.69, 9.17) is 0 Å². The SMILES string of the molecule is O=C(C1=CC2CCC1C2)N1CCCC1. The van der Waals surface area contributed by atoms with Gasteiger partial charge in [-0.3, -0.25) is 4.79 Å². The Bertz CT molecular complexity index is 289. The van der Waals surface area contributed by atoms with Crippen LogP contribution in [-0.2, 0) is 4.79 Å². The van der Waals surface area contributed by atoms with Crippen LogP contribution in [0.15, 0.2) is 11.6 Å². The summed E-state index contributed by atoms with van der Waals surface area (Å²) < 4.78 is 0. The van der Waals surface area contributed by atoms with Gasteiger partial charge in [0.2, 0.25) is 5.91 Å². The molecular weight excluding hydrogens is 174 g/mol. The molecule has 0 N–H and O–H groups in total. The monoisotopic (exact) mass is 191 g/mol. The van der Waals surface area contributed by atoms with Gasteiger partial charge in [-0.2, -0.15) is 0 Å². The summed E-state index contributed by atoms with van der Waals surface area (Å²) in [5.74, 6) is 1.71. The molecule has 2 heteroatoms. The molecule has 1 aliphatic heterocycles. The van der Waals surface area contributed by atoms with Crippen molar-refractivity contribution in [3.63, 3.8) is 0 Å². The van der Waals surface area contributed by atoms with E-state index in [1.165, 1.54) is 32.1 Å². The maximum atomic E-state index is 12.1. The quantitative estimate of drug-likeness (QED) is 0.620. The van der Waals surface area contributed by atoms with Crippen molar-refractivity contribution in [3.8, 4) is 0 Å². The zero-order valence-electron chi connectivity index (χ0n) is 8.54. The first-order valence-corrected chi connectivity index (χ1v) is 5.85. The Morgan fingerprint density at radius 2 is 2.07 bits per heavy atom. The van der Waals surface area contributed by atoms with Gasteiger partial charge in [0, 0.05) is 18.7 Å². The summed E-state index contributed by atoms with van der Waals surface area (Å²) in [5, 5.41) is 0. The van der Waals surface area contributed by atoms with E-state index in [1.807, 2.05) is 4.90 Å². The first kappa shape index (κ1) is 8.51. The van der Waals surface area contributed by atoms with Crippen molar-refractivity contribution in [3.05, 3.63) is 11.6 Å². The molecule has 2 fully saturated rings. The van der Waals surface area contributed by atoms with E-state index in [0.717, 1.165) is 24.6 Å². The zero-order chi connectivity index (χ0) is 9.54. The Labute approximate surface area is 85.0 Å². The molecule has 1 saturated heterocycles. The summed E-state index contributed by atoms with van der Waals surface area (Å²) in [6, 6.07) is 0. The van der Waals surface area contributed by atoms with Crippen LogP contribution in [0.3, 0.4) is 0 Å². The number of amides is 1. The van der Waals surface area contributed by atoms with Crippen LogP contribution in [0, 0.1) is 11.8 Å². The van der Waals surface area contributed by atoms with E-state index in [1.54, 1.807) is 0 Å². The Kier molecular flexibility index (Phi) is 1.89. The molecular formula is C12H17NO. The van der Waals surface area contributed by atoms with E-state index in [-0.39, 0.29) is 0 Å². The Morgan fingerprint density at radius 1 is 1.29 bits per heavy atom. The Morgan fingerprint density at radius 3 is 2.64 bits per heavy atom. The van der Waals surface area contributed by atoms with E-state index < -0.39 is 0 Å². The number of likely N-dealkylation sites (tertiary alicyclic amines) is 1. The number of hydrogen-bond acceptors (Lipinski definition) is 1. The lowest BCUT2D eigenvalue weighted by Gasteiger charge is -2.20.